The number of hydrogen-bond donors (Lipinski definition) is 2. The van der Waals surface area contributed by atoms with Crippen molar-refractivity contribution in [1.82, 2.24) is 5.32 Å². The molecule has 0 saturated carbocycles. The summed E-state index contributed by atoms with van der Waals surface area (Å²) in [7, 11) is 0. The first-order chi connectivity index (χ1) is 8.47. The number of rotatable bonds is 6. The highest BCUT2D eigenvalue weighted by Gasteiger charge is 2.23. The van der Waals surface area contributed by atoms with Crippen molar-refractivity contribution >= 4 is 5.97 Å². The van der Waals surface area contributed by atoms with E-state index in [0.29, 0.717) is 6.42 Å². The molecule has 100 valence electrons. The molecule has 0 amide bonds. The molecule has 0 saturated heterocycles. The van der Waals surface area contributed by atoms with Crippen LogP contribution in [0.5, 0.6) is 0 Å². The highest BCUT2D eigenvalue weighted by Crippen LogP contribution is 2.13. The van der Waals surface area contributed by atoms with Crippen LogP contribution in [-0.2, 0) is 11.3 Å². The maximum atomic E-state index is 13.4. The zero-order valence-electron chi connectivity index (χ0n) is 10.4. The fourth-order valence-electron chi connectivity index (χ4n) is 1.67. The first kappa shape index (κ1) is 14.6. The van der Waals surface area contributed by atoms with Gasteiger partial charge < -0.3 is 5.11 Å². The average Bonchev–Trinajstić information content (AvgIpc) is 2.33. The summed E-state index contributed by atoms with van der Waals surface area (Å²) in [6.07, 6.45) is 0.690. The van der Waals surface area contributed by atoms with Crippen LogP contribution in [-0.4, -0.2) is 17.1 Å². The number of aliphatic carboxylic acids is 1. The Morgan fingerprint density at radius 3 is 2.67 bits per heavy atom. The van der Waals surface area contributed by atoms with Gasteiger partial charge >= 0.3 is 5.97 Å². The number of carbonyl (C=O) groups is 1. The van der Waals surface area contributed by atoms with Crippen LogP contribution in [0.4, 0.5) is 8.78 Å². The van der Waals surface area contributed by atoms with Crippen LogP contribution >= 0.6 is 0 Å². The standard InChI is InChI=1S/C13H17F2NO2/c1-3-8(2)12(13(17)18)16-7-9-5-4-6-10(14)11(9)15/h4-6,8,12,16H,3,7H2,1-2H3,(H,17,18)/t8-,12-/m0/s1. The van der Waals surface area contributed by atoms with Gasteiger partial charge in [0.15, 0.2) is 11.6 Å². The van der Waals surface area contributed by atoms with Gasteiger partial charge in [-0.05, 0) is 12.0 Å². The molecule has 0 aliphatic rings. The average molecular weight is 257 g/mol. The molecule has 2 N–H and O–H groups in total. The Balaban J connectivity index is 2.73. The molecule has 0 heterocycles. The van der Waals surface area contributed by atoms with Crippen LogP contribution < -0.4 is 5.32 Å². The SMILES string of the molecule is CC[C@H](C)[C@H](NCc1cccc(F)c1F)C(=O)O. The summed E-state index contributed by atoms with van der Waals surface area (Å²) in [6.45, 7) is 3.67. The largest absolute Gasteiger partial charge is 0.480 e. The van der Waals surface area contributed by atoms with E-state index in [0.717, 1.165) is 6.07 Å². The Morgan fingerprint density at radius 1 is 1.44 bits per heavy atom. The van der Waals surface area contributed by atoms with Gasteiger partial charge in [-0.15, -0.1) is 0 Å². The molecule has 0 bridgehead atoms. The fourth-order valence-corrected chi connectivity index (χ4v) is 1.67. The quantitative estimate of drug-likeness (QED) is 0.823. The normalized spacial score (nSPS) is 14.2. The van der Waals surface area contributed by atoms with Crippen LogP contribution in [0.15, 0.2) is 18.2 Å². The van der Waals surface area contributed by atoms with Gasteiger partial charge in [0.05, 0.1) is 0 Å². The van der Waals surface area contributed by atoms with Crippen LogP contribution in [0.2, 0.25) is 0 Å². The summed E-state index contributed by atoms with van der Waals surface area (Å²) < 4.78 is 26.3. The van der Waals surface area contributed by atoms with Gasteiger partial charge in [0, 0.05) is 12.1 Å². The first-order valence-electron chi connectivity index (χ1n) is 5.86. The van der Waals surface area contributed by atoms with Crippen LogP contribution in [0.25, 0.3) is 0 Å². The molecule has 2 atom stereocenters. The number of carboxylic acids is 1. The highest BCUT2D eigenvalue weighted by molar-refractivity contribution is 5.73. The minimum Gasteiger partial charge on any atom is -0.480 e. The van der Waals surface area contributed by atoms with E-state index in [1.54, 1.807) is 6.92 Å². The molecular formula is C13H17F2NO2. The van der Waals surface area contributed by atoms with Crippen molar-refractivity contribution in [3.05, 3.63) is 35.4 Å². The number of benzene rings is 1. The van der Waals surface area contributed by atoms with Crippen molar-refractivity contribution in [2.24, 2.45) is 5.92 Å². The maximum Gasteiger partial charge on any atom is 0.320 e. The van der Waals surface area contributed by atoms with Gasteiger partial charge in [-0.3, -0.25) is 10.1 Å². The molecule has 0 spiro atoms. The summed E-state index contributed by atoms with van der Waals surface area (Å²) in [5.74, 6) is -2.93. The van der Waals surface area contributed by atoms with E-state index in [2.05, 4.69) is 5.32 Å². The third-order valence-corrected chi connectivity index (χ3v) is 3.02. The van der Waals surface area contributed by atoms with E-state index in [9.17, 15) is 13.6 Å². The number of nitrogens with one attached hydrogen (secondary N) is 1. The molecule has 3 nitrogen and oxygen atoms in total. The third-order valence-electron chi connectivity index (χ3n) is 3.02. The van der Waals surface area contributed by atoms with Crippen molar-refractivity contribution in [1.29, 1.82) is 0 Å². The van der Waals surface area contributed by atoms with Gasteiger partial charge in [0.25, 0.3) is 0 Å². The van der Waals surface area contributed by atoms with E-state index in [1.165, 1.54) is 12.1 Å². The Labute approximate surface area is 105 Å². The van der Waals surface area contributed by atoms with Crippen LogP contribution in [0, 0.1) is 17.6 Å². The lowest BCUT2D eigenvalue weighted by Crippen LogP contribution is -2.41. The monoisotopic (exact) mass is 257 g/mol. The zero-order valence-corrected chi connectivity index (χ0v) is 10.4. The van der Waals surface area contributed by atoms with Crippen molar-refractivity contribution in [2.75, 3.05) is 0 Å². The van der Waals surface area contributed by atoms with E-state index >= 15 is 0 Å². The summed E-state index contributed by atoms with van der Waals surface area (Å²) >= 11 is 0. The first-order valence-corrected chi connectivity index (χ1v) is 5.86. The fraction of sp³-hybridized carbons (Fsp3) is 0.462. The lowest BCUT2D eigenvalue weighted by Gasteiger charge is -2.20. The van der Waals surface area contributed by atoms with Gasteiger partial charge in [-0.2, -0.15) is 0 Å². The van der Waals surface area contributed by atoms with Crippen molar-refractivity contribution < 1.29 is 18.7 Å². The second kappa shape index (κ2) is 6.44. The zero-order chi connectivity index (χ0) is 13.7. The molecule has 0 fully saturated rings. The maximum absolute atomic E-state index is 13.4. The summed E-state index contributed by atoms with van der Waals surface area (Å²) in [5.41, 5.74) is 0.129. The summed E-state index contributed by atoms with van der Waals surface area (Å²) in [6, 6.07) is 3.09. The lowest BCUT2D eigenvalue weighted by atomic mass is 9.99. The molecule has 1 aromatic rings. The molecule has 0 radical (unpaired) electrons. The molecule has 18 heavy (non-hydrogen) atoms. The molecule has 0 unspecified atom stereocenters. The molecular weight excluding hydrogens is 240 g/mol. The molecule has 5 heteroatoms. The number of halogens is 2. The molecule has 0 aliphatic heterocycles. The number of hydrogen-bond acceptors (Lipinski definition) is 2. The molecule has 0 aromatic heterocycles. The lowest BCUT2D eigenvalue weighted by molar-refractivity contribution is -0.140. The van der Waals surface area contributed by atoms with Crippen molar-refractivity contribution in [2.45, 2.75) is 32.9 Å². The predicted molar refractivity (Wildman–Crippen MR) is 64.1 cm³/mol. The van der Waals surface area contributed by atoms with Gasteiger partial charge in [0.2, 0.25) is 0 Å². The second-order valence-corrected chi connectivity index (χ2v) is 4.30. The van der Waals surface area contributed by atoms with E-state index in [-0.39, 0.29) is 18.0 Å². The topological polar surface area (TPSA) is 49.3 Å². The van der Waals surface area contributed by atoms with Gasteiger partial charge in [-0.1, -0.05) is 32.4 Å². The summed E-state index contributed by atoms with van der Waals surface area (Å²) in [4.78, 5) is 11.0. The third kappa shape index (κ3) is 3.50. The van der Waals surface area contributed by atoms with E-state index in [4.69, 9.17) is 5.11 Å². The molecule has 1 aromatic carbocycles. The molecule has 1 rings (SSSR count). The Morgan fingerprint density at radius 2 is 2.11 bits per heavy atom. The van der Waals surface area contributed by atoms with Crippen molar-refractivity contribution in [3.8, 4) is 0 Å². The Hall–Kier alpha value is -1.49. The van der Waals surface area contributed by atoms with Crippen LogP contribution in [0.3, 0.4) is 0 Å². The minimum absolute atomic E-state index is 0.00903. The molecule has 0 aliphatic carbocycles. The second-order valence-electron chi connectivity index (χ2n) is 4.30. The highest BCUT2D eigenvalue weighted by atomic mass is 19.2. The van der Waals surface area contributed by atoms with Crippen molar-refractivity contribution in [3.63, 3.8) is 0 Å². The Bertz CT molecular complexity index is 423. The minimum atomic E-state index is -0.985. The van der Waals surface area contributed by atoms with E-state index < -0.39 is 23.6 Å². The smallest absolute Gasteiger partial charge is 0.320 e. The van der Waals surface area contributed by atoms with Gasteiger partial charge in [-0.25, -0.2) is 8.78 Å². The van der Waals surface area contributed by atoms with Gasteiger partial charge in [0.1, 0.15) is 6.04 Å². The van der Waals surface area contributed by atoms with Crippen LogP contribution in [0.1, 0.15) is 25.8 Å². The summed E-state index contributed by atoms with van der Waals surface area (Å²) in [5, 5.41) is 11.8. The Kier molecular flexibility index (Phi) is 5.22. The number of carboxylic acid groups (broad SMARTS) is 1. The van der Waals surface area contributed by atoms with E-state index in [1.807, 2.05) is 6.92 Å². The predicted octanol–water partition coefficient (Wildman–Crippen LogP) is 2.55.